The van der Waals surface area contributed by atoms with Crippen LogP contribution < -0.4 is 15.0 Å². The summed E-state index contributed by atoms with van der Waals surface area (Å²) < 4.78 is 5.17. The molecule has 1 heterocycles. The minimum atomic E-state index is 0.0742. The lowest BCUT2D eigenvalue weighted by Gasteiger charge is -2.36. The number of carbonyl (C=O) groups excluding carboxylic acids is 2. The van der Waals surface area contributed by atoms with Crippen molar-refractivity contribution >= 4 is 23.2 Å². The van der Waals surface area contributed by atoms with Crippen LogP contribution in [0.4, 0.5) is 11.4 Å². The second-order valence-corrected chi connectivity index (χ2v) is 7.94. The summed E-state index contributed by atoms with van der Waals surface area (Å²) in [4.78, 5) is 28.8. The van der Waals surface area contributed by atoms with E-state index in [2.05, 4.69) is 17.1 Å². The van der Waals surface area contributed by atoms with Crippen LogP contribution in [0.2, 0.25) is 0 Å². The van der Waals surface area contributed by atoms with Gasteiger partial charge >= 0.3 is 0 Å². The Morgan fingerprint density at radius 3 is 2.23 bits per heavy atom. The molecule has 0 atom stereocenters. The van der Waals surface area contributed by atoms with Gasteiger partial charge in [-0.2, -0.15) is 0 Å². The third kappa shape index (κ3) is 6.74. The number of carbonyl (C=O) groups is 2. The smallest absolute Gasteiger partial charge is 0.227 e. The first-order chi connectivity index (χ1) is 15.1. The zero-order valence-corrected chi connectivity index (χ0v) is 18.6. The number of nitrogens with one attached hydrogen (secondary N) is 1. The Morgan fingerprint density at radius 2 is 1.61 bits per heavy atom. The first kappa shape index (κ1) is 22.7. The van der Waals surface area contributed by atoms with E-state index in [9.17, 15) is 9.59 Å². The molecule has 0 saturated carbocycles. The van der Waals surface area contributed by atoms with E-state index < -0.39 is 0 Å². The summed E-state index contributed by atoms with van der Waals surface area (Å²) in [5, 5.41) is 2.97. The molecule has 166 valence electrons. The Morgan fingerprint density at radius 1 is 0.935 bits per heavy atom. The van der Waals surface area contributed by atoms with Gasteiger partial charge in [-0.1, -0.05) is 31.9 Å². The van der Waals surface area contributed by atoms with Gasteiger partial charge in [-0.15, -0.1) is 0 Å². The molecule has 3 rings (SSSR count). The van der Waals surface area contributed by atoms with Crippen molar-refractivity contribution in [3.8, 4) is 5.75 Å². The SMILES string of the molecule is CCCCCC(=O)Nc1ccc(N2CCN(C(=O)Cc3ccc(OC)cc3)CC2)cc1. The molecule has 1 saturated heterocycles. The van der Waals surface area contributed by atoms with Crippen LogP contribution in [0.3, 0.4) is 0 Å². The highest BCUT2D eigenvalue weighted by Gasteiger charge is 2.21. The van der Waals surface area contributed by atoms with Gasteiger partial charge in [-0.3, -0.25) is 9.59 Å². The molecule has 6 nitrogen and oxygen atoms in total. The highest BCUT2D eigenvalue weighted by Crippen LogP contribution is 2.20. The third-order valence-electron chi connectivity index (χ3n) is 5.67. The standard InChI is InChI=1S/C25H33N3O3/c1-3-4-5-6-24(29)26-21-9-11-22(12-10-21)27-15-17-28(18-16-27)25(30)19-20-7-13-23(31-2)14-8-20/h7-14H,3-6,15-19H2,1-2H3,(H,26,29). The second-order valence-electron chi connectivity index (χ2n) is 7.94. The summed E-state index contributed by atoms with van der Waals surface area (Å²) in [5.41, 5.74) is 2.95. The molecule has 2 aromatic carbocycles. The molecule has 1 fully saturated rings. The van der Waals surface area contributed by atoms with E-state index >= 15 is 0 Å². The number of nitrogens with zero attached hydrogens (tertiary/aromatic N) is 2. The molecule has 0 aromatic heterocycles. The molecule has 0 unspecified atom stereocenters. The van der Waals surface area contributed by atoms with Crippen molar-refractivity contribution in [3.63, 3.8) is 0 Å². The number of benzene rings is 2. The zero-order valence-electron chi connectivity index (χ0n) is 18.6. The van der Waals surface area contributed by atoms with Crippen LogP contribution in [-0.2, 0) is 16.0 Å². The Bertz CT molecular complexity index is 841. The van der Waals surface area contributed by atoms with E-state index in [1.165, 1.54) is 0 Å². The largest absolute Gasteiger partial charge is 0.497 e. The van der Waals surface area contributed by atoms with Crippen LogP contribution >= 0.6 is 0 Å². The molecule has 31 heavy (non-hydrogen) atoms. The van der Waals surface area contributed by atoms with E-state index in [-0.39, 0.29) is 11.8 Å². The van der Waals surface area contributed by atoms with Crippen molar-refractivity contribution in [1.82, 2.24) is 4.90 Å². The molecule has 2 amide bonds. The van der Waals surface area contributed by atoms with Crippen LogP contribution in [0, 0.1) is 0 Å². The van der Waals surface area contributed by atoms with Crippen molar-refractivity contribution < 1.29 is 14.3 Å². The molecule has 0 aliphatic carbocycles. The van der Waals surface area contributed by atoms with Gasteiger partial charge in [0.2, 0.25) is 11.8 Å². The number of methoxy groups -OCH3 is 1. The number of ether oxygens (including phenoxy) is 1. The van der Waals surface area contributed by atoms with Crippen LogP contribution in [0.1, 0.15) is 38.2 Å². The highest BCUT2D eigenvalue weighted by atomic mass is 16.5. The fourth-order valence-electron chi connectivity index (χ4n) is 3.76. The molecule has 2 aromatic rings. The van der Waals surface area contributed by atoms with Gasteiger partial charge in [0.1, 0.15) is 5.75 Å². The van der Waals surface area contributed by atoms with Crippen molar-refractivity contribution in [2.24, 2.45) is 0 Å². The maximum absolute atomic E-state index is 12.6. The molecular formula is C25H33N3O3. The summed E-state index contributed by atoms with van der Waals surface area (Å²) in [5.74, 6) is 1.03. The number of unbranched alkanes of at least 4 members (excludes halogenated alkanes) is 2. The number of rotatable bonds is 9. The second kappa shape index (κ2) is 11.4. The monoisotopic (exact) mass is 423 g/mol. The molecule has 6 heteroatoms. The van der Waals surface area contributed by atoms with Crippen LogP contribution in [0.25, 0.3) is 0 Å². The first-order valence-corrected chi connectivity index (χ1v) is 11.1. The topological polar surface area (TPSA) is 61.9 Å². The summed E-state index contributed by atoms with van der Waals surface area (Å²) in [6.45, 7) is 5.16. The van der Waals surface area contributed by atoms with E-state index in [0.717, 1.165) is 55.0 Å². The normalized spacial score (nSPS) is 13.7. The summed E-state index contributed by atoms with van der Waals surface area (Å²) in [7, 11) is 1.64. The Labute approximate surface area is 185 Å². The van der Waals surface area contributed by atoms with Crippen LogP contribution in [0.15, 0.2) is 48.5 Å². The number of hydrogen-bond acceptors (Lipinski definition) is 4. The number of hydrogen-bond donors (Lipinski definition) is 1. The lowest BCUT2D eigenvalue weighted by molar-refractivity contribution is -0.130. The average molecular weight is 424 g/mol. The van der Waals surface area contributed by atoms with Crippen molar-refractivity contribution in [2.75, 3.05) is 43.5 Å². The van der Waals surface area contributed by atoms with E-state index in [1.807, 2.05) is 53.4 Å². The molecule has 1 aliphatic rings. The molecule has 0 spiro atoms. The summed E-state index contributed by atoms with van der Waals surface area (Å²) in [6.07, 6.45) is 4.11. The van der Waals surface area contributed by atoms with Gasteiger partial charge in [-0.25, -0.2) is 0 Å². The highest BCUT2D eigenvalue weighted by molar-refractivity contribution is 5.90. The van der Waals surface area contributed by atoms with Crippen molar-refractivity contribution in [3.05, 3.63) is 54.1 Å². The predicted octanol–water partition coefficient (Wildman–Crippen LogP) is 4.11. The Kier molecular flexibility index (Phi) is 8.33. The van der Waals surface area contributed by atoms with Gasteiger partial charge in [0.25, 0.3) is 0 Å². The average Bonchev–Trinajstić information content (AvgIpc) is 2.80. The van der Waals surface area contributed by atoms with Crippen molar-refractivity contribution in [1.29, 1.82) is 0 Å². The lowest BCUT2D eigenvalue weighted by atomic mass is 10.1. The van der Waals surface area contributed by atoms with E-state index in [0.29, 0.717) is 25.9 Å². The molecule has 1 N–H and O–H groups in total. The van der Waals surface area contributed by atoms with Gasteiger partial charge < -0.3 is 19.9 Å². The van der Waals surface area contributed by atoms with Gasteiger partial charge in [0.05, 0.1) is 13.5 Å². The maximum Gasteiger partial charge on any atom is 0.227 e. The molecule has 1 aliphatic heterocycles. The molecular weight excluding hydrogens is 390 g/mol. The Hall–Kier alpha value is -3.02. The number of piperazine rings is 1. The van der Waals surface area contributed by atoms with Crippen molar-refractivity contribution in [2.45, 2.75) is 39.0 Å². The fraction of sp³-hybridized carbons (Fsp3) is 0.440. The minimum Gasteiger partial charge on any atom is -0.497 e. The van der Waals surface area contributed by atoms with Gasteiger partial charge in [0.15, 0.2) is 0 Å². The van der Waals surface area contributed by atoms with Crippen LogP contribution in [0.5, 0.6) is 5.75 Å². The number of anilines is 2. The van der Waals surface area contributed by atoms with Gasteiger partial charge in [0, 0.05) is 44.0 Å². The van der Waals surface area contributed by atoms with Crippen LogP contribution in [-0.4, -0.2) is 50.0 Å². The quantitative estimate of drug-likeness (QED) is 0.617. The molecule has 0 bridgehead atoms. The Balaban J connectivity index is 1.45. The van der Waals surface area contributed by atoms with E-state index in [4.69, 9.17) is 4.74 Å². The van der Waals surface area contributed by atoms with E-state index in [1.54, 1.807) is 7.11 Å². The molecule has 0 radical (unpaired) electrons. The minimum absolute atomic E-state index is 0.0742. The predicted molar refractivity (Wildman–Crippen MR) is 125 cm³/mol. The third-order valence-corrected chi connectivity index (χ3v) is 5.67. The summed E-state index contributed by atoms with van der Waals surface area (Å²) >= 11 is 0. The zero-order chi connectivity index (χ0) is 22.1. The summed E-state index contributed by atoms with van der Waals surface area (Å²) in [6, 6.07) is 15.6. The lowest BCUT2D eigenvalue weighted by Crippen LogP contribution is -2.49. The number of amides is 2. The fourth-order valence-corrected chi connectivity index (χ4v) is 3.76. The van der Waals surface area contributed by atoms with Gasteiger partial charge in [-0.05, 0) is 48.4 Å². The first-order valence-electron chi connectivity index (χ1n) is 11.1. The maximum atomic E-state index is 12.6.